The van der Waals surface area contributed by atoms with E-state index in [-0.39, 0.29) is 11.5 Å². The summed E-state index contributed by atoms with van der Waals surface area (Å²) in [5.74, 6) is -1.58. The first-order chi connectivity index (χ1) is 11.8. The van der Waals surface area contributed by atoms with Crippen molar-refractivity contribution in [1.82, 2.24) is 4.98 Å². The average Bonchev–Trinajstić information content (AvgIpc) is 3.37. The molecule has 0 N–H and O–H groups in total. The Morgan fingerprint density at radius 1 is 1.28 bits per heavy atom. The lowest BCUT2D eigenvalue weighted by atomic mass is 9.83. The number of halogens is 4. The van der Waals surface area contributed by atoms with Gasteiger partial charge in [0.05, 0.1) is 22.7 Å². The van der Waals surface area contributed by atoms with E-state index < -0.39 is 23.1 Å². The van der Waals surface area contributed by atoms with E-state index in [9.17, 15) is 23.2 Å². The molecule has 1 fully saturated rings. The van der Waals surface area contributed by atoms with Crippen molar-refractivity contribution in [2.24, 2.45) is 0 Å². The van der Waals surface area contributed by atoms with E-state index in [2.05, 4.69) is 4.98 Å². The van der Waals surface area contributed by atoms with Gasteiger partial charge in [0.25, 0.3) is 0 Å². The predicted octanol–water partition coefficient (Wildman–Crippen LogP) is 4.66. The van der Waals surface area contributed by atoms with E-state index in [1.165, 1.54) is 0 Å². The molecule has 0 bridgehead atoms. The molecule has 25 heavy (non-hydrogen) atoms. The van der Waals surface area contributed by atoms with E-state index in [1.807, 2.05) is 6.07 Å². The number of benzene rings is 1. The molecule has 3 nitrogen and oxygen atoms in total. The summed E-state index contributed by atoms with van der Waals surface area (Å²) in [6.07, 6.45) is -2.72. The Labute approximate surface area is 147 Å². The molecule has 128 valence electrons. The van der Waals surface area contributed by atoms with Gasteiger partial charge in [-0.25, -0.2) is 0 Å². The Kier molecular flexibility index (Phi) is 4.29. The Morgan fingerprint density at radius 3 is 2.48 bits per heavy atom. The van der Waals surface area contributed by atoms with Crippen molar-refractivity contribution >= 4 is 17.4 Å². The Bertz CT molecular complexity index is 852. The summed E-state index contributed by atoms with van der Waals surface area (Å²) < 4.78 is 37.9. The molecule has 7 heteroatoms. The third-order valence-electron chi connectivity index (χ3n) is 4.40. The van der Waals surface area contributed by atoms with Crippen LogP contribution >= 0.6 is 11.6 Å². The second kappa shape index (κ2) is 6.16. The van der Waals surface area contributed by atoms with Gasteiger partial charge in [-0.15, -0.1) is 0 Å². The highest BCUT2D eigenvalue weighted by Gasteiger charge is 2.53. The molecule has 0 aliphatic heterocycles. The smallest absolute Gasteiger partial charge is 0.297 e. The maximum absolute atomic E-state index is 12.9. The number of hydrogen-bond acceptors (Lipinski definition) is 3. The van der Waals surface area contributed by atoms with Crippen LogP contribution in [0.5, 0.6) is 0 Å². The lowest BCUT2D eigenvalue weighted by molar-refractivity contribution is -0.137. The third kappa shape index (κ3) is 3.24. The van der Waals surface area contributed by atoms with Gasteiger partial charge in [0.1, 0.15) is 5.92 Å². The van der Waals surface area contributed by atoms with Crippen molar-refractivity contribution in [2.75, 3.05) is 0 Å². The van der Waals surface area contributed by atoms with Crippen LogP contribution in [-0.4, -0.2) is 10.8 Å². The number of rotatable bonds is 4. The van der Waals surface area contributed by atoms with E-state index >= 15 is 0 Å². The van der Waals surface area contributed by atoms with Crippen molar-refractivity contribution < 1.29 is 18.0 Å². The van der Waals surface area contributed by atoms with Gasteiger partial charge in [0, 0.05) is 11.2 Å². The molecule has 3 rings (SSSR count). The van der Waals surface area contributed by atoms with Gasteiger partial charge in [-0.1, -0.05) is 23.7 Å². The summed E-state index contributed by atoms with van der Waals surface area (Å²) in [6, 6.07) is 10.7. The molecule has 0 saturated heterocycles. The second-order valence-electron chi connectivity index (χ2n) is 5.99. The average molecular weight is 365 g/mol. The number of nitrogens with zero attached hydrogens (tertiary/aromatic N) is 2. The van der Waals surface area contributed by atoms with Crippen LogP contribution in [0.4, 0.5) is 13.2 Å². The zero-order valence-electron chi connectivity index (χ0n) is 12.8. The number of ketones is 1. The monoisotopic (exact) mass is 364 g/mol. The predicted molar refractivity (Wildman–Crippen MR) is 85.0 cm³/mol. The molecule has 0 amide bonds. The maximum atomic E-state index is 12.9. The highest BCUT2D eigenvalue weighted by molar-refractivity contribution is 6.30. The molecule has 1 aromatic heterocycles. The number of carbonyl (C=O) groups is 1. The lowest BCUT2D eigenvalue weighted by Gasteiger charge is -2.18. The Hall–Kier alpha value is -2.39. The zero-order chi connectivity index (χ0) is 18.2. The minimum absolute atomic E-state index is 0.0220. The summed E-state index contributed by atoms with van der Waals surface area (Å²) in [5.41, 5.74) is -0.988. The summed E-state index contributed by atoms with van der Waals surface area (Å²) >= 11 is 5.98. The molecule has 1 aliphatic carbocycles. The lowest BCUT2D eigenvalue weighted by Crippen LogP contribution is -2.27. The van der Waals surface area contributed by atoms with Crippen LogP contribution in [0.15, 0.2) is 42.6 Å². The molecule has 1 aliphatic rings. The number of pyridine rings is 1. The van der Waals surface area contributed by atoms with Crippen LogP contribution in [0, 0.1) is 11.3 Å². The third-order valence-corrected chi connectivity index (χ3v) is 4.63. The van der Waals surface area contributed by atoms with Gasteiger partial charge >= 0.3 is 6.18 Å². The largest absolute Gasteiger partial charge is 0.417 e. The van der Waals surface area contributed by atoms with E-state index in [0.29, 0.717) is 24.1 Å². The highest BCUT2D eigenvalue weighted by Crippen LogP contribution is 2.51. The Balaban J connectivity index is 1.91. The van der Waals surface area contributed by atoms with Crippen LogP contribution < -0.4 is 0 Å². The summed E-state index contributed by atoms with van der Waals surface area (Å²) in [5, 5.41) is 9.90. The summed E-state index contributed by atoms with van der Waals surface area (Å²) in [6.45, 7) is 0. The number of Topliss-reactive ketones (excluding diaryl/α,β-unsaturated/α-hetero) is 1. The molecular formula is C18H12ClF3N2O. The van der Waals surface area contributed by atoms with Crippen molar-refractivity contribution in [2.45, 2.75) is 30.4 Å². The number of aromatic nitrogens is 1. The van der Waals surface area contributed by atoms with Crippen molar-refractivity contribution in [3.05, 3.63) is 64.4 Å². The number of hydrogen-bond donors (Lipinski definition) is 0. The number of alkyl halides is 3. The fraction of sp³-hybridized carbons (Fsp3) is 0.278. The molecule has 1 heterocycles. The SMILES string of the molecule is N#C[C@@H](C(=O)C1(c2cccc(Cl)c2)CC1)c1ccc(C(F)(F)F)cn1. The maximum Gasteiger partial charge on any atom is 0.417 e. The number of carbonyl (C=O) groups excluding carboxylic acids is 1. The first-order valence-corrected chi connectivity index (χ1v) is 7.89. The van der Waals surface area contributed by atoms with Gasteiger partial charge in [-0.05, 0) is 42.7 Å². The van der Waals surface area contributed by atoms with Crippen molar-refractivity contribution in [3.63, 3.8) is 0 Å². The van der Waals surface area contributed by atoms with Gasteiger partial charge in [0.15, 0.2) is 5.78 Å². The van der Waals surface area contributed by atoms with Gasteiger partial charge in [0.2, 0.25) is 0 Å². The quantitative estimate of drug-likeness (QED) is 0.792. The van der Waals surface area contributed by atoms with E-state index in [0.717, 1.165) is 17.7 Å². The molecular weight excluding hydrogens is 353 g/mol. The van der Waals surface area contributed by atoms with Crippen LogP contribution in [0.25, 0.3) is 0 Å². The molecule has 0 spiro atoms. The summed E-state index contributed by atoms with van der Waals surface area (Å²) in [7, 11) is 0. The Morgan fingerprint density at radius 2 is 2.00 bits per heavy atom. The van der Waals surface area contributed by atoms with Crippen LogP contribution in [-0.2, 0) is 16.4 Å². The fourth-order valence-corrected chi connectivity index (χ4v) is 3.06. The molecule has 2 aromatic rings. The molecule has 1 aromatic carbocycles. The molecule has 1 atom stereocenters. The van der Waals surface area contributed by atoms with E-state index in [1.54, 1.807) is 24.3 Å². The van der Waals surface area contributed by atoms with Crippen LogP contribution in [0.1, 0.15) is 35.6 Å². The van der Waals surface area contributed by atoms with Crippen LogP contribution in [0.2, 0.25) is 5.02 Å². The van der Waals surface area contributed by atoms with E-state index in [4.69, 9.17) is 11.6 Å². The molecule has 0 radical (unpaired) electrons. The van der Waals surface area contributed by atoms with Gasteiger partial charge in [-0.3, -0.25) is 9.78 Å². The molecule has 0 unspecified atom stereocenters. The van der Waals surface area contributed by atoms with Gasteiger partial charge in [-0.2, -0.15) is 18.4 Å². The first kappa shape index (κ1) is 17.4. The highest BCUT2D eigenvalue weighted by atomic mass is 35.5. The minimum Gasteiger partial charge on any atom is -0.297 e. The topological polar surface area (TPSA) is 53.8 Å². The normalized spacial score (nSPS) is 16.8. The molecule has 1 saturated carbocycles. The second-order valence-corrected chi connectivity index (χ2v) is 6.42. The van der Waals surface area contributed by atoms with Crippen LogP contribution in [0.3, 0.4) is 0 Å². The first-order valence-electron chi connectivity index (χ1n) is 7.51. The van der Waals surface area contributed by atoms with Gasteiger partial charge < -0.3 is 0 Å². The standard InChI is InChI=1S/C18H12ClF3N2O/c19-13-3-1-2-11(8-13)17(6-7-17)16(25)14(9-23)15-5-4-12(10-24-15)18(20,21)22/h1-5,8,10,14H,6-7H2/t14-/m1/s1. The summed E-state index contributed by atoms with van der Waals surface area (Å²) in [4.78, 5) is 16.6. The zero-order valence-corrected chi connectivity index (χ0v) is 13.6. The van der Waals surface area contributed by atoms with Crippen molar-refractivity contribution in [3.8, 4) is 6.07 Å². The minimum atomic E-state index is -4.52. The fourth-order valence-electron chi connectivity index (χ4n) is 2.87. The number of nitriles is 1. The van der Waals surface area contributed by atoms with Crippen molar-refractivity contribution in [1.29, 1.82) is 5.26 Å².